The van der Waals surface area contributed by atoms with Crippen LogP contribution in [0.4, 0.5) is 0 Å². The summed E-state index contributed by atoms with van der Waals surface area (Å²) in [5.41, 5.74) is 0. The quantitative estimate of drug-likeness (QED) is 0.643. The van der Waals surface area contributed by atoms with E-state index in [9.17, 15) is 0 Å². The standard InChI is InChI=1S/C17H32N2/c1-4-19(5-2)10-6-7-14(3)18-13-17-12-15-8-9-16(17)11-15/h8-9,14-18H,4-7,10-13H2,1-3H3. The number of allylic oxidation sites excluding steroid dienone is 2. The Morgan fingerprint density at radius 1 is 1.21 bits per heavy atom. The molecule has 0 spiro atoms. The van der Waals surface area contributed by atoms with Crippen molar-refractivity contribution in [2.75, 3.05) is 26.2 Å². The average Bonchev–Trinajstić information content (AvgIpc) is 3.03. The molecule has 110 valence electrons. The highest BCUT2D eigenvalue weighted by Gasteiger charge is 2.35. The number of hydrogen-bond acceptors (Lipinski definition) is 2. The molecule has 1 fully saturated rings. The van der Waals surface area contributed by atoms with Crippen LogP contribution >= 0.6 is 0 Å². The molecular weight excluding hydrogens is 232 g/mol. The second kappa shape index (κ2) is 7.44. The summed E-state index contributed by atoms with van der Waals surface area (Å²) < 4.78 is 0. The molecule has 19 heavy (non-hydrogen) atoms. The molecule has 4 unspecified atom stereocenters. The van der Waals surface area contributed by atoms with Crippen molar-refractivity contribution < 1.29 is 0 Å². The van der Waals surface area contributed by atoms with Gasteiger partial charge in [0.15, 0.2) is 0 Å². The van der Waals surface area contributed by atoms with E-state index in [1.54, 1.807) is 0 Å². The van der Waals surface area contributed by atoms with E-state index in [0.717, 1.165) is 17.8 Å². The summed E-state index contributed by atoms with van der Waals surface area (Å²) in [6.07, 6.45) is 10.4. The monoisotopic (exact) mass is 264 g/mol. The first kappa shape index (κ1) is 15.1. The molecule has 0 aromatic carbocycles. The molecule has 0 heterocycles. The minimum absolute atomic E-state index is 0.679. The van der Waals surface area contributed by atoms with Crippen LogP contribution < -0.4 is 5.32 Å². The average molecular weight is 264 g/mol. The van der Waals surface area contributed by atoms with Gasteiger partial charge < -0.3 is 10.2 Å². The third kappa shape index (κ3) is 4.32. The van der Waals surface area contributed by atoms with E-state index >= 15 is 0 Å². The highest BCUT2D eigenvalue weighted by molar-refractivity contribution is 5.10. The lowest BCUT2D eigenvalue weighted by atomic mass is 9.93. The molecule has 0 aromatic heterocycles. The van der Waals surface area contributed by atoms with Gasteiger partial charge in [-0.05, 0) is 76.5 Å². The van der Waals surface area contributed by atoms with E-state index in [-0.39, 0.29) is 0 Å². The van der Waals surface area contributed by atoms with Gasteiger partial charge in [0.1, 0.15) is 0 Å². The van der Waals surface area contributed by atoms with E-state index in [1.165, 1.54) is 51.9 Å². The summed E-state index contributed by atoms with van der Waals surface area (Å²) in [5, 5.41) is 3.77. The van der Waals surface area contributed by atoms with Crippen molar-refractivity contribution in [2.24, 2.45) is 17.8 Å². The van der Waals surface area contributed by atoms with Crippen molar-refractivity contribution in [3.05, 3.63) is 12.2 Å². The third-order valence-electron chi connectivity index (χ3n) is 5.15. The van der Waals surface area contributed by atoms with Gasteiger partial charge in [0, 0.05) is 6.04 Å². The van der Waals surface area contributed by atoms with E-state index in [4.69, 9.17) is 0 Å². The number of hydrogen-bond donors (Lipinski definition) is 1. The highest BCUT2D eigenvalue weighted by atomic mass is 15.1. The Hall–Kier alpha value is -0.340. The molecule has 2 rings (SSSR count). The summed E-state index contributed by atoms with van der Waals surface area (Å²) in [6, 6.07) is 0.679. The van der Waals surface area contributed by atoms with Crippen LogP contribution in [0.3, 0.4) is 0 Å². The van der Waals surface area contributed by atoms with Gasteiger partial charge in [0.2, 0.25) is 0 Å². The summed E-state index contributed by atoms with van der Waals surface area (Å²) in [4.78, 5) is 2.52. The summed E-state index contributed by atoms with van der Waals surface area (Å²) in [5.74, 6) is 2.72. The van der Waals surface area contributed by atoms with Crippen LogP contribution in [-0.2, 0) is 0 Å². The zero-order valence-corrected chi connectivity index (χ0v) is 13.1. The predicted molar refractivity (Wildman–Crippen MR) is 83.3 cm³/mol. The molecule has 2 bridgehead atoms. The normalized spacial score (nSPS) is 30.4. The molecule has 0 aromatic rings. The van der Waals surface area contributed by atoms with Crippen LogP contribution in [-0.4, -0.2) is 37.1 Å². The minimum Gasteiger partial charge on any atom is -0.314 e. The summed E-state index contributed by atoms with van der Waals surface area (Å²) in [6.45, 7) is 11.7. The first-order chi connectivity index (χ1) is 9.22. The largest absolute Gasteiger partial charge is 0.314 e. The van der Waals surface area contributed by atoms with Gasteiger partial charge >= 0.3 is 0 Å². The molecule has 0 aliphatic heterocycles. The fourth-order valence-corrected chi connectivity index (χ4v) is 3.74. The van der Waals surface area contributed by atoms with Gasteiger partial charge in [-0.2, -0.15) is 0 Å². The summed E-state index contributed by atoms with van der Waals surface area (Å²) in [7, 11) is 0. The first-order valence-corrected chi connectivity index (χ1v) is 8.37. The fourth-order valence-electron chi connectivity index (χ4n) is 3.74. The lowest BCUT2D eigenvalue weighted by Gasteiger charge is -2.23. The Morgan fingerprint density at radius 3 is 2.58 bits per heavy atom. The predicted octanol–water partition coefficient (Wildman–Crippen LogP) is 3.30. The smallest absolute Gasteiger partial charge is 0.00393 e. The van der Waals surface area contributed by atoms with E-state index < -0.39 is 0 Å². The van der Waals surface area contributed by atoms with Gasteiger partial charge in [-0.15, -0.1) is 0 Å². The maximum absolute atomic E-state index is 3.77. The van der Waals surface area contributed by atoms with Crippen LogP contribution in [0, 0.1) is 17.8 Å². The molecule has 1 saturated carbocycles. The van der Waals surface area contributed by atoms with Crippen LogP contribution in [0.25, 0.3) is 0 Å². The lowest BCUT2D eigenvalue weighted by Crippen LogP contribution is -2.33. The zero-order chi connectivity index (χ0) is 13.7. The third-order valence-corrected chi connectivity index (χ3v) is 5.15. The Kier molecular flexibility index (Phi) is 5.90. The van der Waals surface area contributed by atoms with E-state index in [0.29, 0.717) is 6.04 Å². The van der Waals surface area contributed by atoms with Crippen molar-refractivity contribution in [3.8, 4) is 0 Å². The second-order valence-electron chi connectivity index (χ2n) is 6.52. The van der Waals surface area contributed by atoms with E-state index in [1.807, 2.05) is 0 Å². The molecule has 0 saturated heterocycles. The van der Waals surface area contributed by atoms with Crippen LogP contribution in [0.1, 0.15) is 46.5 Å². The zero-order valence-electron chi connectivity index (χ0n) is 13.1. The Balaban J connectivity index is 1.55. The Bertz CT molecular complexity index is 283. The molecular formula is C17H32N2. The fraction of sp³-hybridized carbons (Fsp3) is 0.882. The van der Waals surface area contributed by atoms with Crippen molar-refractivity contribution in [3.63, 3.8) is 0 Å². The van der Waals surface area contributed by atoms with Crippen molar-refractivity contribution in [1.82, 2.24) is 10.2 Å². The Morgan fingerprint density at radius 2 is 2.00 bits per heavy atom. The van der Waals surface area contributed by atoms with Crippen LogP contribution in [0.15, 0.2) is 12.2 Å². The number of nitrogens with one attached hydrogen (secondary N) is 1. The van der Waals surface area contributed by atoms with Crippen molar-refractivity contribution in [1.29, 1.82) is 0 Å². The van der Waals surface area contributed by atoms with Gasteiger partial charge in [-0.3, -0.25) is 0 Å². The maximum atomic E-state index is 3.77. The maximum Gasteiger partial charge on any atom is 0.00393 e. The van der Waals surface area contributed by atoms with E-state index in [2.05, 4.69) is 43.1 Å². The lowest BCUT2D eigenvalue weighted by molar-refractivity contribution is 0.288. The van der Waals surface area contributed by atoms with Gasteiger partial charge in [-0.25, -0.2) is 0 Å². The van der Waals surface area contributed by atoms with Crippen molar-refractivity contribution in [2.45, 2.75) is 52.5 Å². The van der Waals surface area contributed by atoms with Crippen molar-refractivity contribution >= 4 is 0 Å². The Labute approximate surface area is 119 Å². The SMILES string of the molecule is CCN(CC)CCCC(C)NCC1CC2C=CC1C2. The molecule has 2 aliphatic rings. The minimum atomic E-state index is 0.679. The number of rotatable bonds is 9. The summed E-state index contributed by atoms with van der Waals surface area (Å²) >= 11 is 0. The topological polar surface area (TPSA) is 15.3 Å². The highest BCUT2D eigenvalue weighted by Crippen LogP contribution is 2.42. The first-order valence-electron chi connectivity index (χ1n) is 8.37. The number of fused-ring (bicyclic) bond motifs is 2. The molecule has 2 heteroatoms. The molecule has 2 aliphatic carbocycles. The number of nitrogens with zero attached hydrogens (tertiary/aromatic N) is 1. The van der Waals surface area contributed by atoms with Gasteiger partial charge in [0.05, 0.1) is 0 Å². The molecule has 2 nitrogen and oxygen atoms in total. The van der Waals surface area contributed by atoms with Crippen LogP contribution in [0.5, 0.6) is 0 Å². The molecule has 4 atom stereocenters. The second-order valence-corrected chi connectivity index (χ2v) is 6.52. The molecule has 0 radical (unpaired) electrons. The molecule has 1 N–H and O–H groups in total. The van der Waals surface area contributed by atoms with Crippen LogP contribution in [0.2, 0.25) is 0 Å². The van der Waals surface area contributed by atoms with Gasteiger partial charge in [-0.1, -0.05) is 26.0 Å². The molecule has 0 amide bonds. The van der Waals surface area contributed by atoms with Gasteiger partial charge in [0.25, 0.3) is 0 Å².